The second kappa shape index (κ2) is 12.6. The van der Waals surface area contributed by atoms with Crippen LogP contribution in [0.4, 0.5) is 0 Å². The molecule has 3 amide bonds. The lowest BCUT2D eigenvalue weighted by Gasteiger charge is -2.35. The van der Waals surface area contributed by atoms with Gasteiger partial charge in [-0.3, -0.25) is 29.2 Å². The molecule has 41 heavy (non-hydrogen) atoms. The normalized spacial score (nSPS) is 26.6. The summed E-state index contributed by atoms with van der Waals surface area (Å²) >= 11 is 0. The van der Waals surface area contributed by atoms with Gasteiger partial charge in [-0.1, -0.05) is 18.2 Å². The fourth-order valence-corrected chi connectivity index (χ4v) is 4.77. The van der Waals surface area contributed by atoms with Crippen molar-refractivity contribution in [3.8, 4) is 0 Å². The summed E-state index contributed by atoms with van der Waals surface area (Å²) in [5.41, 5.74) is 3.46. The van der Waals surface area contributed by atoms with Crippen LogP contribution in [0.3, 0.4) is 0 Å². The molecular weight excluding hydrogens is 524 g/mol. The summed E-state index contributed by atoms with van der Waals surface area (Å²) in [6, 6.07) is 5.13. The first-order chi connectivity index (χ1) is 19.5. The number of hydrogen-bond acceptors (Lipinski definition) is 8. The molecule has 11 heteroatoms. The Balaban J connectivity index is 1.69. The Hall–Kier alpha value is -4.12. The van der Waals surface area contributed by atoms with Crippen LogP contribution in [0.15, 0.2) is 41.5 Å². The maximum absolute atomic E-state index is 13.3. The van der Waals surface area contributed by atoms with E-state index >= 15 is 0 Å². The number of aromatic nitrogens is 1. The number of pyridine rings is 1. The van der Waals surface area contributed by atoms with Crippen molar-refractivity contribution < 1.29 is 23.9 Å². The van der Waals surface area contributed by atoms with Crippen LogP contribution in [0.25, 0.3) is 16.8 Å². The number of aliphatic imine (C=N–C) groups is 1. The molecule has 0 saturated carbocycles. The van der Waals surface area contributed by atoms with Crippen molar-refractivity contribution in [2.75, 3.05) is 13.1 Å². The number of esters is 1. The second-order valence-corrected chi connectivity index (χ2v) is 11.2. The number of fused-ring (bicyclic) bond motifs is 4. The van der Waals surface area contributed by atoms with Crippen molar-refractivity contribution in [1.29, 1.82) is 0 Å². The molecule has 0 aliphatic carbocycles. The van der Waals surface area contributed by atoms with Gasteiger partial charge in [-0.25, -0.2) is 5.43 Å². The Morgan fingerprint density at radius 1 is 1.12 bits per heavy atom. The van der Waals surface area contributed by atoms with Crippen molar-refractivity contribution in [2.24, 2.45) is 10.4 Å². The number of cyclic esters (lactones) is 1. The molecule has 4 rings (SSSR count). The molecule has 11 nitrogen and oxygen atoms in total. The molecule has 4 atom stereocenters. The van der Waals surface area contributed by atoms with Gasteiger partial charge >= 0.3 is 5.97 Å². The van der Waals surface area contributed by atoms with E-state index in [1.165, 1.54) is 5.01 Å². The summed E-state index contributed by atoms with van der Waals surface area (Å²) in [6.45, 7) is 11.0. The molecular formula is C30H38N6O5. The van der Waals surface area contributed by atoms with Gasteiger partial charge in [-0.05, 0) is 82.8 Å². The lowest BCUT2D eigenvalue weighted by atomic mass is 9.90. The fourth-order valence-electron chi connectivity index (χ4n) is 4.77. The number of carbonyl (C=O) groups excluding carboxylic acids is 4. The number of ether oxygens (including phenoxy) is 1. The Labute approximate surface area is 239 Å². The van der Waals surface area contributed by atoms with E-state index in [0.717, 1.165) is 16.3 Å². The van der Waals surface area contributed by atoms with Crippen molar-refractivity contribution >= 4 is 47.3 Å². The summed E-state index contributed by atoms with van der Waals surface area (Å²) in [5, 5.41) is 8.69. The van der Waals surface area contributed by atoms with Gasteiger partial charge in [0.2, 0.25) is 11.8 Å². The summed E-state index contributed by atoms with van der Waals surface area (Å²) < 4.78 is 5.79. The van der Waals surface area contributed by atoms with Crippen LogP contribution in [-0.4, -0.2) is 71.6 Å². The molecule has 2 aliphatic heterocycles. The first-order valence-corrected chi connectivity index (χ1v) is 13.9. The highest BCUT2D eigenvalue weighted by Gasteiger charge is 2.34. The van der Waals surface area contributed by atoms with Crippen molar-refractivity contribution in [2.45, 2.75) is 71.2 Å². The largest absolute Gasteiger partial charge is 0.457 e. The molecule has 2 aromatic rings. The van der Waals surface area contributed by atoms with Gasteiger partial charge < -0.3 is 20.4 Å². The number of nitrogens with one attached hydrogen (secondary N) is 3. The number of carbonyl (C=O) groups is 4. The standard InChI is InChI=1S/C30H38N6O5/c1-18-27(38)36-14-6-7-25(35-36)28(39)41-19(2)20-8-9-21-17-32-23(16-22(21)15-20)10-12-30(3,4)29(40)34-24(11-13-31-5)26(37)33-18/h8-10,12,15-19,24-25,35H,5-7,11,13-14H2,1-4H3,(H,33,37)(H,34,40)/b12-10+/t18-,19+,24-,25-/m0/s1. The van der Waals surface area contributed by atoms with Crippen LogP contribution in [0.2, 0.25) is 0 Å². The number of hydrazine groups is 1. The highest BCUT2D eigenvalue weighted by Crippen LogP contribution is 2.25. The van der Waals surface area contributed by atoms with Crippen LogP contribution >= 0.6 is 0 Å². The van der Waals surface area contributed by atoms with Crippen LogP contribution in [0.5, 0.6) is 0 Å². The summed E-state index contributed by atoms with van der Waals surface area (Å²) in [6.07, 6.45) is 6.03. The second-order valence-electron chi connectivity index (χ2n) is 11.2. The SMILES string of the molecule is C=NCC[C@@H]1NC(=O)C(C)(C)/C=C/c2cc3cc(ccc3cn2)[C@@H](C)OC(=O)[C@@H]2CCCN(N2)C(=O)[C@H](C)NC1=O. The van der Waals surface area contributed by atoms with Gasteiger partial charge in [-0.15, -0.1) is 0 Å². The topological polar surface area (TPSA) is 142 Å². The van der Waals surface area contributed by atoms with Gasteiger partial charge in [-0.2, -0.15) is 0 Å². The zero-order valence-electron chi connectivity index (χ0n) is 24.0. The number of benzene rings is 1. The predicted molar refractivity (Wildman–Crippen MR) is 156 cm³/mol. The molecule has 1 aromatic carbocycles. The van der Waals surface area contributed by atoms with Crippen LogP contribution in [0, 0.1) is 5.41 Å². The van der Waals surface area contributed by atoms with Crippen LogP contribution in [-0.2, 0) is 23.9 Å². The van der Waals surface area contributed by atoms with E-state index in [-0.39, 0.29) is 18.9 Å². The van der Waals surface area contributed by atoms with E-state index in [2.05, 4.69) is 32.8 Å². The molecule has 2 aliphatic rings. The highest BCUT2D eigenvalue weighted by molar-refractivity contribution is 5.94. The van der Waals surface area contributed by atoms with Crippen LogP contribution in [0.1, 0.15) is 64.3 Å². The summed E-state index contributed by atoms with van der Waals surface area (Å²) in [4.78, 5) is 61.1. The molecule has 1 fully saturated rings. The molecule has 0 radical (unpaired) electrons. The average molecular weight is 563 g/mol. The Morgan fingerprint density at radius 3 is 2.66 bits per heavy atom. The smallest absolute Gasteiger partial charge is 0.325 e. The number of rotatable bonds is 3. The Bertz CT molecular complexity index is 1370. The number of nitrogens with zero attached hydrogens (tertiary/aromatic N) is 3. The molecule has 3 N–H and O–H groups in total. The lowest BCUT2D eigenvalue weighted by Crippen LogP contribution is -2.60. The Morgan fingerprint density at radius 2 is 1.90 bits per heavy atom. The molecule has 218 valence electrons. The Kier molecular flexibility index (Phi) is 9.17. The molecule has 1 saturated heterocycles. The fraction of sp³-hybridized carbons (Fsp3) is 0.467. The lowest BCUT2D eigenvalue weighted by molar-refractivity contribution is -0.157. The van der Waals surface area contributed by atoms with E-state index < -0.39 is 47.4 Å². The van der Waals surface area contributed by atoms with E-state index in [0.29, 0.717) is 25.1 Å². The first-order valence-electron chi connectivity index (χ1n) is 13.9. The zero-order valence-corrected chi connectivity index (χ0v) is 24.0. The van der Waals surface area contributed by atoms with Gasteiger partial charge in [0.1, 0.15) is 24.2 Å². The quantitative estimate of drug-likeness (QED) is 0.385. The van der Waals surface area contributed by atoms with Gasteiger partial charge in [0.15, 0.2) is 0 Å². The van der Waals surface area contributed by atoms with Crippen LogP contribution < -0.4 is 16.1 Å². The molecule has 3 heterocycles. The minimum absolute atomic E-state index is 0.213. The third kappa shape index (κ3) is 7.15. The maximum atomic E-state index is 13.3. The van der Waals surface area contributed by atoms with Crippen molar-refractivity contribution in [1.82, 2.24) is 26.1 Å². The molecule has 1 aromatic heterocycles. The van der Waals surface area contributed by atoms with Gasteiger partial charge in [0.05, 0.1) is 11.1 Å². The van der Waals surface area contributed by atoms with E-state index in [9.17, 15) is 19.2 Å². The first kappa shape index (κ1) is 29.9. The third-order valence-corrected chi connectivity index (χ3v) is 7.45. The molecule has 0 unspecified atom stereocenters. The van der Waals surface area contributed by atoms with E-state index in [1.807, 2.05) is 24.3 Å². The van der Waals surface area contributed by atoms with Crippen molar-refractivity contribution in [3.05, 3.63) is 47.8 Å². The van der Waals surface area contributed by atoms with Crippen molar-refractivity contribution in [3.63, 3.8) is 0 Å². The summed E-state index contributed by atoms with van der Waals surface area (Å²) in [7, 11) is 0. The third-order valence-electron chi connectivity index (χ3n) is 7.45. The number of amides is 3. The van der Waals surface area contributed by atoms with Gasteiger partial charge in [0, 0.05) is 24.7 Å². The average Bonchev–Trinajstić information content (AvgIpc) is 2.96. The predicted octanol–water partition coefficient (Wildman–Crippen LogP) is 2.47. The zero-order chi connectivity index (χ0) is 29.7. The summed E-state index contributed by atoms with van der Waals surface area (Å²) in [5.74, 6) is -1.74. The van der Waals surface area contributed by atoms with Gasteiger partial charge in [0.25, 0.3) is 5.91 Å². The minimum Gasteiger partial charge on any atom is -0.457 e. The molecule has 5 bridgehead atoms. The highest BCUT2D eigenvalue weighted by atomic mass is 16.5. The maximum Gasteiger partial charge on any atom is 0.325 e. The monoisotopic (exact) mass is 562 g/mol. The number of hydrogen-bond donors (Lipinski definition) is 3. The molecule has 0 spiro atoms. The van der Waals surface area contributed by atoms with E-state index in [1.54, 1.807) is 46.0 Å². The van der Waals surface area contributed by atoms with E-state index in [4.69, 9.17) is 4.74 Å². The minimum atomic E-state index is -0.978.